The van der Waals surface area contributed by atoms with Crippen LogP contribution < -0.4 is 0 Å². The third-order valence-corrected chi connectivity index (χ3v) is 1.14. The van der Waals surface area contributed by atoms with E-state index in [1.165, 1.54) is 6.26 Å². The Morgan fingerprint density at radius 2 is 2.40 bits per heavy atom. The van der Waals surface area contributed by atoms with Crippen molar-refractivity contribution in [2.45, 2.75) is 13.3 Å². The van der Waals surface area contributed by atoms with Gasteiger partial charge in [-0.3, -0.25) is 4.79 Å². The predicted molar refractivity (Wildman–Crippen MR) is 41.1 cm³/mol. The molecule has 0 rings (SSSR count). The van der Waals surface area contributed by atoms with Gasteiger partial charge in [-0.2, -0.15) is 0 Å². The summed E-state index contributed by atoms with van der Waals surface area (Å²) in [6.07, 6.45) is 2.94. The van der Waals surface area contributed by atoms with Crippen LogP contribution >= 0.6 is 11.6 Å². The minimum Gasteiger partial charge on any atom is -0.500 e. The van der Waals surface area contributed by atoms with E-state index in [0.717, 1.165) is 6.29 Å². The maximum atomic E-state index is 10.1. The van der Waals surface area contributed by atoms with Crippen LogP contribution in [-0.4, -0.2) is 18.8 Å². The summed E-state index contributed by atoms with van der Waals surface area (Å²) in [6.45, 7) is 2.35. The van der Waals surface area contributed by atoms with Gasteiger partial charge in [-0.25, -0.2) is 0 Å². The Morgan fingerprint density at radius 3 is 2.80 bits per heavy atom. The van der Waals surface area contributed by atoms with Crippen LogP contribution in [0.25, 0.3) is 0 Å². The molecular formula is C7H11ClO2. The topological polar surface area (TPSA) is 26.3 Å². The van der Waals surface area contributed by atoms with Gasteiger partial charge in [0, 0.05) is 5.57 Å². The molecule has 0 aliphatic rings. The second-order valence-electron chi connectivity index (χ2n) is 1.72. The molecule has 0 atom stereocenters. The zero-order valence-electron chi connectivity index (χ0n) is 5.97. The number of aldehydes is 1. The van der Waals surface area contributed by atoms with Crippen molar-refractivity contribution in [1.29, 1.82) is 0 Å². The normalized spacial score (nSPS) is 11.2. The van der Waals surface area contributed by atoms with Crippen LogP contribution in [0.1, 0.15) is 13.3 Å². The lowest BCUT2D eigenvalue weighted by atomic mass is 10.3. The summed E-state index contributed by atoms with van der Waals surface area (Å²) in [4.78, 5) is 10.1. The van der Waals surface area contributed by atoms with E-state index in [1.807, 2.05) is 6.92 Å². The van der Waals surface area contributed by atoms with Gasteiger partial charge in [-0.15, -0.1) is 11.6 Å². The highest BCUT2D eigenvalue weighted by Crippen LogP contribution is 1.95. The first-order valence-corrected chi connectivity index (χ1v) is 3.70. The molecule has 0 saturated carbocycles. The summed E-state index contributed by atoms with van der Waals surface area (Å²) in [6, 6.07) is 0. The largest absolute Gasteiger partial charge is 0.500 e. The Bertz CT molecular complexity index is 121. The summed E-state index contributed by atoms with van der Waals surface area (Å²) >= 11 is 5.33. The summed E-state index contributed by atoms with van der Waals surface area (Å²) in [5, 5.41) is 0. The molecule has 0 aliphatic carbocycles. The molecule has 0 aromatic rings. The minimum atomic E-state index is 0.451. The van der Waals surface area contributed by atoms with Gasteiger partial charge in [-0.1, -0.05) is 6.92 Å². The first-order valence-electron chi connectivity index (χ1n) is 3.17. The molecular weight excluding hydrogens is 152 g/mol. The molecule has 0 aromatic heterocycles. The molecule has 0 heterocycles. The lowest BCUT2D eigenvalue weighted by Gasteiger charge is -1.96. The molecule has 0 amide bonds. The third-order valence-electron chi connectivity index (χ3n) is 0.989. The molecule has 2 nitrogen and oxygen atoms in total. The second kappa shape index (κ2) is 6.62. The molecule has 10 heavy (non-hydrogen) atoms. The molecule has 3 heteroatoms. The first-order chi connectivity index (χ1) is 4.85. The lowest BCUT2D eigenvalue weighted by Crippen LogP contribution is -1.90. The Kier molecular flexibility index (Phi) is 6.29. The van der Waals surface area contributed by atoms with Crippen molar-refractivity contribution in [3.63, 3.8) is 0 Å². The predicted octanol–water partition coefficient (Wildman–Crippen LogP) is 1.73. The molecule has 0 fully saturated rings. The highest BCUT2D eigenvalue weighted by Gasteiger charge is 1.88. The van der Waals surface area contributed by atoms with E-state index in [0.29, 0.717) is 24.5 Å². The van der Waals surface area contributed by atoms with E-state index < -0.39 is 0 Å². The minimum absolute atomic E-state index is 0.451. The van der Waals surface area contributed by atoms with Crippen molar-refractivity contribution >= 4 is 17.9 Å². The maximum Gasteiger partial charge on any atom is 0.149 e. The van der Waals surface area contributed by atoms with Crippen LogP contribution in [0.4, 0.5) is 0 Å². The fourth-order valence-corrected chi connectivity index (χ4v) is 0.494. The number of rotatable bonds is 5. The average Bonchev–Trinajstić information content (AvgIpc) is 1.99. The van der Waals surface area contributed by atoms with Gasteiger partial charge in [0.1, 0.15) is 12.9 Å². The van der Waals surface area contributed by atoms with Gasteiger partial charge >= 0.3 is 0 Å². The Balaban J connectivity index is 3.53. The summed E-state index contributed by atoms with van der Waals surface area (Å²) < 4.78 is 4.90. The fraction of sp³-hybridized carbons (Fsp3) is 0.571. The Labute approximate surface area is 65.8 Å². The standard InChI is InChI=1S/C7H11ClO2/c1-2-7(5-9)6-10-4-3-8/h5-6H,2-4H2,1H3/b7-6+. The smallest absolute Gasteiger partial charge is 0.149 e. The number of hydrogen-bond donors (Lipinski definition) is 0. The van der Waals surface area contributed by atoms with Crippen molar-refractivity contribution in [2.75, 3.05) is 12.5 Å². The highest BCUT2D eigenvalue weighted by molar-refractivity contribution is 6.17. The average molecular weight is 163 g/mol. The Morgan fingerprint density at radius 1 is 1.70 bits per heavy atom. The van der Waals surface area contributed by atoms with Crippen molar-refractivity contribution < 1.29 is 9.53 Å². The quantitative estimate of drug-likeness (QED) is 0.202. The molecule has 0 aromatic carbocycles. The monoisotopic (exact) mass is 162 g/mol. The molecule has 0 N–H and O–H groups in total. The van der Waals surface area contributed by atoms with Gasteiger partial charge in [0.25, 0.3) is 0 Å². The molecule has 0 spiro atoms. The van der Waals surface area contributed by atoms with Crippen LogP contribution in [-0.2, 0) is 9.53 Å². The molecule has 0 unspecified atom stereocenters. The first kappa shape index (κ1) is 9.50. The number of allylic oxidation sites excluding steroid dienone is 1. The van der Waals surface area contributed by atoms with E-state index in [9.17, 15) is 4.79 Å². The van der Waals surface area contributed by atoms with E-state index >= 15 is 0 Å². The van der Waals surface area contributed by atoms with Crippen molar-refractivity contribution in [3.05, 3.63) is 11.8 Å². The summed E-state index contributed by atoms with van der Waals surface area (Å²) in [5.74, 6) is 0.451. The summed E-state index contributed by atoms with van der Waals surface area (Å²) in [5.41, 5.74) is 0.658. The lowest BCUT2D eigenvalue weighted by molar-refractivity contribution is -0.105. The number of halogens is 1. The third kappa shape index (κ3) is 4.39. The zero-order chi connectivity index (χ0) is 7.82. The van der Waals surface area contributed by atoms with Crippen LogP contribution in [0.2, 0.25) is 0 Å². The van der Waals surface area contributed by atoms with Crippen molar-refractivity contribution in [1.82, 2.24) is 0 Å². The molecule has 58 valence electrons. The fourth-order valence-electron chi connectivity index (χ4n) is 0.405. The van der Waals surface area contributed by atoms with Crippen LogP contribution in [0.15, 0.2) is 11.8 Å². The molecule has 0 radical (unpaired) electrons. The molecule has 0 saturated heterocycles. The number of carbonyl (C=O) groups excluding carboxylic acids is 1. The van der Waals surface area contributed by atoms with Gasteiger partial charge in [0.2, 0.25) is 0 Å². The van der Waals surface area contributed by atoms with Gasteiger partial charge in [0.05, 0.1) is 12.1 Å². The van der Waals surface area contributed by atoms with Crippen LogP contribution in [0, 0.1) is 0 Å². The van der Waals surface area contributed by atoms with Crippen LogP contribution in [0.5, 0.6) is 0 Å². The maximum absolute atomic E-state index is 10.1. The van der Waals surface area contributed by atoms with E-state index in [1.54, 1.807) is 0 Å². The molecule has 0 bridgehead atoms. The summed E-state index contributed by atoms with van der Waals surface area (Å²) in [7, 11) is 0. The number of hydrogen-bond acceptors (Lipinski definition) is 2. The SMILES string of the molecule is CC/C(C=O)=C\OCCCl. The molecule has 0 aliphatic heterocycles. The van der Waals surface area contributed by atoms with Gasteiger partial charge < -0.3 is 4.74 Å². The zero-order valence-corrected chi connectivity index (χ0v) is 6.73. The van der Waals surface area contributed by atoms with Gasteiger partial charge in [-0.05, 0) is 6.42 Å². The second-order valence-corrected chi connectivity index (χ2v) is 2.10. The number of ether oxygens (including phenoxy) is 1. The Hall–Kier alpha value is -0.500. The van der Waals surface area contributed by atoms with Gasteiger partial charge in [0.15, 0.2) is 0 Å². The van der Waals surface area contributed by atoms with Crippen LogP contribution in [0.3, 0.4) is 0 Å². The highest BCUT2D eigenvalue weighted by atomic mass is 35.5. The van der Waals surface area contributed by atoms with Crippen molar-refractivity contribution in [2.24, 2.45) is 0 Å². The number of carbonyl (C=O) groups is 1. The van der Waals surface area contributed by atoms with E-state index in [4.69, 9.17) is 16.3 Å². The van der Waals surface area contributed by atoms with E-state index in [-0.39, 0.29) is 0 Å². The number of alkyl halides is 1. The van der Waals surface area contributed by atoms with Crippen molar-refractivity contribution in [3.8, 4) is 0 Å². The van der Waals surface area contributed by atoms with E-state index in [2.05, 4.69) is 0 Å².